The SMILES string of the molecule is CCC(CC)(CCO)CNC(=O)/C(C#N)=C/c1ccco1. The van der Waals surface area contributed by atoms with Crippen molar-refractivity contribution < 1.29 is 14.3 Å². The molecule has 1 heterocycles. The molecule has 2 N–H and O–H groups in total. The minimum Gasteiger partial charge on any atom is -0.465 e. The van der Waals surface area contributed by atoms with Crippen molar-refractivity contribution in [2.45, 2.75) is 33.1 Å². The molecule has 0 radical (unpaired) electrons. The fraction of sp³-hybridized carbons (Fsp3) is 0.500. The smallest absolute Gasteiger partial charge is 0.262 e. The second-order valence-electron chi connectivity index (χ2n) is 5.05. The Morgan fingerprint density at radius 2 is 2.24 bits per heavy atom. The van der Waals surface area contributed by atoms with E-state index in [1.165, 1.54) is 12.3 Å². The van der Waals surface area contributed by atoms with Gasteiger partial charge in [-0.1, -0.05) is 13.8 Å². The molecule has 1 aromatic heterocycles. The maximum atomic E-state index is 12.1. The molecular weight excluding hydrogens is 268 g/mol. The van der Waals surface area contributed by atoms with E-state index in [9.17, 15) is 4.79 Å². The second-order valence-corrected chi connectivity index (χ2v) is 5.05. The van der Waals surface area contributed by atoms with Crippen molar-refractivity contribution in [2.75, 3.05) is 13.2 Å². The largest absolute Gasteiger partial charge is 0.465 e. The van der Waals surface area contributed by atoms with Crippen LogP contribution in [0, 0.1) is 16.7 Å². The van der Waals surface area contributed by atoms with Crippen LogP contribution in [0.3, 0.4) is 0 Å². The van der Waals surface area contributed by atoms with Gasteiger partial charge in [0.1, 0.15) is 17.4 Å². The summed E-state index contributed by atoms with van der Waals surface area (Å²) >= 11 is 0. The average Bonchev–Trinajstić information content (AvgIpc) is 3.02. The molecule has 5 heteroatoms. The maximum absolute atomic E-state index is 12.1. The average molecular weight is 290 g/mol. The molecule has 0 aliphatic carbocycles. The van der Waals surface area contributed by atoms with E-state index in [0.717, 1.165) is 12.8 Å². The van der Waals surface area contributed by atoms with Gasteiger partial charge in [0, 0.05) is 19.2 Å². The van der Waals surface area contributed by atoms with Gasteiger partial charge in [-0.25, -0.2) is 0 Å². The number of furan rings is 1. The van der Waals surface area contributed by atoms with Crippen LogP contribution in [0.15, 0.2) is 28.4 Å². The molecule has 0 aliphatic rings. The van der Waals surface area contributed by atoms with Crippen LogP contribution in [0.4, 0.5) is 0 Å². The van der Waals surface area contributed by atoms with Gasteiger partial charge in [0.05, 0.1) is 6.26 Å². The van der Waals surface area contributed by atoms with Crippen molar-refractivity contribution in [3.8, 4) is 6.07 Å². The van der Waals surface area contributed by atoms with Crippen LogP contribution in [-0.2, 0) is 4.79 Å². The lowest BCUT2D eigenvalue weighted by molar-refractivity contribution is -0.117. The molecule has 1 amide bonds. The number of hydrogen-bond donors (Lipinski definition) is 2. The lowest BCUT2D eigenvalue weighted by atomic mass is 9.79. The molecule has 0 saturated carbocycles. The van der Waals surface area contributed by atoms with E-state index in [1.54, 1.807) is 12.1 Å². The normalized spacial score (nSPS) is 12.0. The third kappa shape index (κ3) is 4.76. The lowest BCUT2D eigenvalue weighted by Crippen LogP contribution is -2.38. The van der Waals surface area contributed by atoms with Crippen LogP contribution in [0.5, 0.6) is 0 Å². The minimum atomic E-state index is -0.418. The highest BCUT2D eigenvalue weighted by Gasteiger charge is 2.26. The Hall–Kier alpha value is -2.06. The van der Waals surface area contributed by atoms with E-state index in [4.69, 9.17) is 14.8 Å². The first-order chi connectivity index (χ1) is 10.1. The molecule has 0 spiro atoms. The quantitative estimate of drug-likeness (QED) is 0.569. The number of nitriles is 1. The summed E-state index contributed by atoms with van der Waals surface area (Å²) in [4.78, 5) is 12.1. The molecule has 5 nitrogen and oxygen atoms in total. The van der Waals surface area contributed by atoms with Crippen molar-refractivity contribution >= 4 is 12.0 Å². The molecule has 1 rings (SSSR count). The summed E-state index contributed by atoms with van der Waals surface area (Å²) in [6.07, 6.45) is 5.24. The van der Waals surface area contributed by atoms with Crippen LogP contribution in [0.2, 0.25) is 0 Å². The van der Waals surface area contributed by atoms with E-state index in [1.807, 2.05) is 19.9 Å². The van der Waals surface area contributed by atoms with Gasteiger partial charge in [-0.2, -0.15) is 5.26 Å². The first kappa shape index (κ1) is 17.0. The van der Waals surface area contributed by atoms with E-state index in [2.05, 4.69) is 5.32 Å². The van der Waals surface area contributed by atoms with E-state index >= 15 is 0 Å². The summed E-state index contributed by atoms with van der Waals surface area (Å²) in [6, 6.07) is 5.26. The number of nitrogens with one attached hydrogen (secondary N) is 1. The van der Waals surface area contributed by atoms with Gasteiger partial charge in [0.15, 0.2) is 0 Å². The molecular formula is C16H22N2O3. The van der Waals surface area contributed by atoms with Crippen molar-refractivity contribution in [2.24, 2.45) is 5.41 Å². The topological polar surface area (TPSA) is 86.3 Å². The molecule has 21 heavy (non-hydrogen) atoms. The number of aliphatic hydroxyl groups is 1. The van der Waals surface area contributed by atoms with E-state index in [-0.39, 0.29) is 17.6 Å². The van der Waals surface area contributed by atoms with Crippen LogP contribution in [-0.4, -0.2) is 24.2 Å². The monoisotopic (exact) mass is 290 g/mol. The zero-order valence-electron chi connectivity index (χ0n) is 12.6. The molecule has 0 saturated heterocycles. The summed E-state index contributed by atoms with van der Waals surface area (Å²) < 4.78 is 5.10. The number of hydrogen-bond acceptors (Lipinski definition) is 4. The summed E-state index contributed by atoms with van der Waals surface area (Å²) in [5, 5.41) is 21.0. The third-order valence-corrected chi connectivity index (χ3v) is 3.96. The van der Waals surface area contributed by atoms with Gasteiger partial charge in [-0.05, 0) is 36.8 Å². The van der Waals surface area contributed by atoms with Crippen LogP contribution >= 0.6 is 0 Å². The van der Waals surface area contributed by atoms with Gasteiger partial charge in [0.25, 0.3) is 5.91 Å². The number of aliphatic hydroxyl groups excluding tert-OH is 1. The Bertz CT molecular complexity index is 508. The summed E-state index contributed by atoms with van der Waals surface area (Å²) in [6.45, 7) is 4.60. The van der Waals surface area contributed by atoms with Crippen molar-refractivity contribution in [3.63, 3.8) is 0 Å². The first-order valence-electron chi connectivity index (χ1n) is 7.15. The van der Waals surface area contributed by atoms with Crippen molar-refractivity contribution in [1.82, 2.24) is 5.32 Å². The maximum Gasteiger partial charge on any atom is 0.262 e. The Labute approximate surface area is 125 Å². The molecule has 114 valence electrons. The van der Waals surface area contributed by atoms with E-state index < -0.39 is 5.91 Å². The van der Waals surface area contributed by atoms with Gasteiger partial charge >= 0.3 is 0 Å². The summed E-state index contributed by atoms with van der Waals surface area (Å²) in [5.74, 6) is 0.0485. The highest BCUT2D eigenvalue weighted by molar-refractivity contribution is 6.01. The Balaban J connectivity index is 2.73. The zero-order chi connectivity index (χ0) is 15.7. The zero-order valence-corrected chi connectivity index (χ0v) is 12.6. The minimum absolute atomic E-state index is 0.00931. The number of carbonyl (C=O) groups is 1. The standard InChI is InChI=1S/C16H22N2O3/c1-3-16(4-2,7-8-19)12-18-15(20)13(11-17)10-14-6-5-9-21-14/h5-6,9-10,19H,3-4,7-8,12H2,1-2H3,(H,18,20)/b13-10+. The first-order valence-corrected chi connectivity index (χ1v) is 7.15. The lowest BCUT2D eigenvalue weighted by Gasteiger charge is -2.31. The molecule has 0 aliphatic heterocycles. The van der Waals surface area contributed by atoms with Crippen molar-refractivity contribution in [3.05, 3.63) is 29.7 Å². The second kappa shape index (κ2) is 8.28. The highest BCUT2D eigenvalue weighted by Crippen LogP contribution is 2.29. The number of rotatable bonds is 8. The molecule has 0 atom stereocenters. The highest BCUT2D eigenvalue weighted by atomic mass is 16.3. The number of nitrogens with zero attached hydrogens (tertiary/aromatic N) is 1. The number of carbonyl (C=O) groups excluding carboxylic acids is 1. The van der Waals surface area contributed by atoms with Crippen LogP contribution < -0.4 is 5.32 Å². The Kier molecular flexibility index (Phi) is 6.70. The van der Waals surface area contributed by atoms with Gasteiger partial charge in [-0.3, -0.25) is 4.79 Å². The Morgan fingerprint density at radius 3 is 2.71 bits per heavy atom. The predicted molar refractivity (Wildman–Crippen MR) is 80.0 cm³/mol. The molecule has 0 unspecified atom stereocenters. The number of amides is 1. The van der Waals surface area contributed by atoms with Gasteiger partial charge in [-0.15, -0.1) is 0 Å². The summed E-state index contributed by atoms with van der Waals surface area (Å²) in [7, 11) is 0. The third-order valence-electron chi connectivity index (χ3n) is 3.96. The van der Waals surface area contributed by atoms with E-state index in [0.29, 0.717) is 18.7 Å². The fourth-order valence-electron chi connectivity index (χ4n) is 2.21. The van der Waals surface area contributed by atoms with Crippen LogP contribution in [0.1, 0.15) is 38.9 Å². The van der Waals surface area contributed by atoms with Gasteiger partial charge in [0.2, 0.25) is 0 Å². The molecule has 0 aromatic carbocycles. The summed E-state index contributed by atoms with van der Waals surface area (Å²) in [5.41, 5.74) is -0.120. The molecule has 0 bridgehead atoms. The molecule has 0 fully saturated rings. The van der Waals surface area contributed by atoms with Crippen LogP contribution in [0.25, 0.3) is 6.08 Å². The Morgan fingerprint density at radius 1 is 1.52 bits per heavy atom. The van der Waals surface area contributed by atoms with Crippen molar-refractivity contribution in [1.29, 1.82) is 5.26 Å². The molecule has 1 aromatic rings. The fourth-order valence-corrected chi connectivity index (χ4v) is 2.21. The predicted octanol–water partition coefficient (Wildman–Crippen LogP) is 2.49. The van der Waals surface area contributed by atoms with Gasteiger partial charge < -0.3 is 14.8 Å².